The van der Waals surface area contributed by atoms with Crippen molar-refractivity contribution in [3.05, 3.63) is 18.1 Å². The molecule has 1 saturated carbocycles. The van der Waals surface area contributed by atoms with Crippen molar-refractivity contribution in [3.8, 4) is 0 Å². The molecule has 4 nitrogen and oxygen atoms in total. The molecule has 4 heteroatoms. The summed E-state index contributed by atoms with van der Waals surface area (Å²) in [4.78, 5) is 11.8. The van der Waals surface area contributed by atoms with Gasteiger partial charge in [0, 0.05) is 25.3 Å². The van der Waals surface area contributed by atoms with Crippen LogP contribution in [0.25, 0.3) is 0 Å². The minimum Gasteiger partial charge on any atom is -0.352 e. The lowest BCUT2D eigenvalue weighted by Gasteiger charge is -2.38. The van der Waals surface area contributed by atoms with E-state index in [1.807, 2.05) is 12.4 Å². The highest BCUT2D eigenvalue weighted by Crippen LogP contribution is 2.38. The minimum atomic E-state index is 0.669. The van der Waals surface area contributed by atoms with E-state index in [1.54, 1.807) is 0 Å². The summed E-state index contributed by atoms with van der Waals surface area (Å²) in [5, 5.41) is 3.46. The van der Waals surface area contributed by atoms with Crippen molar-refractivity contribution in [1.82, 2.24) is 15.3 Å². The Morgan fingerprint density at radius 3 is 2.95 bits per heavy atom. The molecule has 0 bridgehead atoms. The van der Waals surface area contributed by atoms with Gasteiger partial charge in [0.1, 0.15) is 5.82 Å². The first-order valence-electron chi connectivity index (χ1n) is 8.52. The van der Waals surface area contributed by atoms with Crippen LogP contribution in [0.15, 0.2) is 12.4 Å². The zero-order valence-electron chi connectivity index (χ0n) is 13.4. The number of nitrogens with zero attached hydrogens (tertiary/aromatic N) is 3. The van der Waals surface area contributed by atoms with Gasteiger partial charge in [-0.15, -0.1) is 0 Å². The third-order valence-electron chi connectivity index (χ3n) is 4.82. The second-order valence-electron chi connectivity index (χ2n) is 6.99. The number of hydrogen-bond acceptors (Lipinski definition) is 4. The maximum absolute atomic E-state index is 4.85. The number of fused-ring (bicyclic) bond motifs is 1. The summed E-state index contributed by atoms with van der Waals surface area (Å²) in [5.74, 6) is 2.65. The number of rotatable bonds is 5. The molecule has 0 spiro atoms. The highest BCUT2D eigenvalue weighted by molar-refractivity contribution is 5.39. The number of anilines is 1. The quantitative estimate of drug-likeness (QED) is 0.904. The fraction of sp³-hybridized carbons (Fsp3) is 0.765. The maximum Gasteiger partial charge on any atom is 0.147 e. The molecule has 116 valence electrons. The van der Waals surface area contributed by atoms with E-state index in [0.29, 0.717) is 12.0 Å². The van der Waals surface area contributed by atoms with Crippen LogP contribution in [0.3, 0.4) is 0 Å². The van der Waals surface area contributed by atoms with Crippen LogP contribution in [-0.4, -0.2) is 29.1 Å². The number of piperidine rings is 1. The van der Waals surface area contributed by atoms with Crippen molar-refractivity contribution in [2.75, 3.05) is 18.0 Å². The summed E-state index contributed by atoms with van der Waals surface area (Å²) < 4.78 is 0. The van der Waals surface area contributed by atoms with E-state index in [9.17, 15) is 0 Å². The molecule has 0 amide bonds. The van der Waals surface area contributed by atoms with Crippen LogP contribution in [0.5, 0.6) is 0 Å². The van der Waals surface area contributed by atoms with Gasteiger partial charge in [0.2, 0.25) is 0 Å². The predicted octanol–water partition coefficient (Wildman–Crippen LogP) is 2.99. The van der Waals surface area contributed by atoms with Gasteiger partial charge in [-0.05, 0) is 44.1 Å². The largest absolute Gasteiger partial charge is 0.352 e. The van der Waals surface area contributed by atoms with Crippen molar-refractivity contribution < 1.29 is 0 Å². The Labute approximate surface area is 128 Å². The lowest BCUT2D eigenvalue weighted by molar-refractivity contribution is 0.360. The fourth-order valence-corrected chi connectivity index (χ4v) is 3.85. The summed E-state index contributed by atoms with van der Waals surface area (Å²) >= 11 is 0. The van der Waals surface area contributed by atoms with E-state index in [4.69, 9.17) is 4.98 Å². The van der Waals surface area contributed by atoms with E-state index in [1.165, 1.54) is 32.1 Å². The van der Waals surface area contributed by atoms with Crippen molar-refractivity contribution in [2.45, 2.75) is 58.5 Å². The molecular formula is C17H28N4. The summed E-state index contributed by atoms with van der Waals surface area (Å²) in [6.07, 6.45) is 10.7. The second kappa shape index (κ2) is 6.73. The molecule has 1 aromatic heterocycles. The van der Waals surface area contributed by atoms with Crippen molar-refractivity contribution in [2.24, 2.45) is 11.8 Å². The standard InChI is InChI=1S/C17H28N4/c1-13(2)9-18-10-15-11-19-12-17(20-15)21-8-4-6-14-5-3-7-16(14)21/h11-14,16,18H,3-10H2,1-2H3. The topological polar surface area (TPSA) is 41.1 Å². The Balaban J connectivity index is 1.67. The molecular weight excluding hydrogens is 260 g/mol. The van der Waals surface area contributed by atoms with Gasteiger partial charge >= 0.3 is 0 Å². The van der Waals surface area contributed by atoms with Gasteiger partial charge in [0.25, 0.3) is 0 Å². The van der Waals surface area contributed by atoms with Gasteiger partial charge < -0.3 is 10.2 Å². The molecule has 3 rings (SSSR count). The predicted molar refractivity (Wildman–Crippen MR) is 86.3 cm³/mol. The molecule has 1 aromatic rings. The molecule has 2 atom stereocenters. The third kappa shape index (κ3) is 3.54. The maximum atomic E-state index is 4.85. The molecule has 2 fully saturated rings. The van der Waals surface area contributed by atoms with Gasteiger partial charge in [-0.25, -0.2) is 4.98 Å². The molecule has 2 unspecified atom stereocenters. The molecule has 21 heavy (non-hydrogen) atoms. The first-order chi connectivity index (χ1) is 10.2. The third-order valence-corrected chi connectivity index (χ3v) is 4.82. The first kappa shape index (κ1) is 14.8. The summed E-state index contributed by atoms with van der Waals surface area (Å²) in [6, 6.07) is 0.715. The van der Waals surface area contributed by atoms with Crippen molar-refractivity contribution in [1.29, 1.82) is 0 Å². The molecule has 0 aromatic carbocycles. The number of hydrogen-bond donors (Lipinski definition) is 1. The van der Waals surface area contributed by atoms with Crippen LogP contribution in [-0.2, 0) is 6.54 Å². The zero-order chi connectivity index (χ0) is 14.7. The van der Waals surface area contributed by atoms with Gasteiger partial charge in [0.05, 0.1) is 11.9 Å². The zero-order valence-corrected chi connectivity index (χ0v) is 13.4. The smallest absolute Gasteiger partial charge is 0.147 e. The van der Waals surface area contributed by atoms with Crippen LogP contribution >= 0.6 is 0 Å². The monoisotopic (exact) mass is 288 g/mol. The van der Waals surface area contributed by atoms with Crippen LogP contribution < -0.4 is 10.2 Å². The SMILES string of the molecule is CC(C)CNCc1cncc(N2CCCC3CCCC32)n1. The van der Waals surface area contributed by atoms with Gasteiger partial charge in [-0.1, -0.05) is 20.3 Å². The van der Waals surface area contributed by atoms with Crippen LogP contribution in [0, 0.1) is 11.8 Å². The summed E-state index contributed by atoms with van der Waals surface area (Å²) in [7, 11) is 0. The van der Waals surface area contributed by atoms with Crippen LogP contribution in [0.2, 0.25) is 0 Å². The average molecular weight is 288 g/mol. The Morgan fingerprint density at radius 1 is 1.24 bits per heavy atom. The highest BCUT2D eigenvalue weighted by atomic mass is 15.2. The summed E-state index contributed by atoms with van der Waals surface area (Å²) in [5.41, 5.74) is 1.06. The molecule has 1 saturated heterocycles. The number of nitrogens with one attached hydrogen (secondary N) is 1. The molecule has 2 aliphatic rings. The molecule has 0 radical (unpaired) electrons. The Hall–Kier alpha value is -1.16. The second-order valence-corrected chi connectivity index (χ2v) is 6.99. The van der Waals surface area contributed by atoms with Gasteiger partial charge in [-0.2, -0.15) is 0 Å². The molecule has 1 aliphatic heterocycles. The lowest BCUT2D eigenvalue weighted by Crippen LogP contribution is -2.43. The molecule has 1 N–H and O–H groups in total. The van der Waals surface area contributed by atoms with Gasteiger partial charge in [0.15, 0.2) is 0 Å². The Bertz CT molecular complexity index is 460. The van der Waals surface area contributed by atoms with Crippen LogP contribution in [0.4, 0.5) is 5.82 Å². The highest BCUT2D eigenvalue weighted by Gasteiger charge is 2.35. The summed E-state index contributed by atoms with van der Waals surface area (Å²) in [6.45, 7) is 7.45. The number of aromatic nitrogens is 2. The lowest BCUT2D eigenvalue weighted by atomic mass is 9.92. The Kier molecular flexibility index (Phi) is 4.73. The first-order valence-corrected chi connectivity index (χ1v) is 8.52. The van der Waals surface area contributed by atoms with E-state index in [2.05, 4.69) is 29.0 Å². The van der Waals surface area contributed by atoms with Crippen molar-refractivity contribution >= 4 is 5.82 Å². The van der Waals surface area contributed by atoms with Gasteiger partial charge in [-0.3, -0.25) is 4.98 Å². The van der Waals surface area contributed by atoms with E-state index < -0.39 is 0 Å². The Morgan fingerprint density at radius 2 is 2.10 bits per heavy atom. The molecule has 2 heterocycles. The minimum absolute atomic E-state index is 0.669. The normalized spacial score (nSPS) is 25.4. The van der Waals surface area contributed by atoms with E-state index in [-0.39, 0.29) is 0 Å². The van der Waals surface area contributed by atoms with E-state index in [0.717, 1.165) is 37.1 Å². The fourth-order valence-electron chi connectivity index (χ4n) is 3.85. The van der Waals surface area contributed by atoms with E-state index >= 15 is 0 Å². The van der Waals surface area contributed by atoms with Crippen LogP contribution in [0.1, 0.15) is 51.6 Å². The molecule has 1 aliphatic carbocycles. The van der Waals surface area contributed by atoms with Crippen molar-refractivity contribution in [3.63, 3.8) is 0 Å². The average Bonchev–Trinajstić information content (AvgIpc) is 2.95.